The quantitative estimate of drug-likeness (QED) is 0.396. The van der Waals surface area contributed by atoms with Crippen LogP contribution in [-0.2, 0) is 27.2 Å². The zero-order valence-corrected chi connectivity index (χ0v) is 16.7. The van der Waals surface area contributed by atoms with Gasteiger partial charge in [0.05, 0.1) is 7.11 Å². The first kappa shape index (κ1) is 22.2. The van der Waals surface area contributed by atoms with Crippen molar-refractivity contribution in [3.05, 3.63) is 58.2 Å². The zero-order valence-electron chi connectivity index (χ0n) is 16.7. The number of carboxylic acids is 1. The molecule has 0 radical (unpaired) electrons. The molecule has 0 aliphatic carbocycles. The van der Waals surface area contributed by atoms with Crippen LogP contribution in [0.2, 0.25) is 0 Å². The van der Waals surface area contributed by atoms with E-state index >= 15 is 0 Å². The first-order chi connectivity index (χ1) is 12.7. The fraction of sp³-hybridized carbons (Fsp3) is 0.364. The highest BCUT2D eigenvalue weighted by Crippen LogP contribution is 2.29. The molecule has 0 amide bonds. The predicted octanol–water partition coefficient (Wildman–Crippen LogP) is 4.35. The highest BCUT2D eigenvalue weighted by atomic mass is 16.5. The summed E-state index contributed by atoms with van der Waals surface area (Å²) in [4.78, 5) is 21.8. The molecule has 1 rings (SSSR count). The number of allylic oxidation sites excluding steroid dienone is 3. The van der Waals surface area contributed by atoms with Crippen LogP contribution in [0.15, 0.2) is 41.5 Å². The molecule has 0 unspecified atom stereocenters. The summed E-state index contributed by atoms with van der Waals surface area (Å²) in [7, 11) is 1.63. The minimum atomic E-state index is -0.990. The second-order valence-electron chi connectivity index (χ2n) is 6.56. The molecule has 0 spiro atoms. The summed E-state index contributed by atoms with van der Waals surface area (Å²) >= 11 is 0. The summed E-state index contributed by atoms with van der Waals surface area (Å²) in [6.07, 6.45) is 8.07. The second kappa shape index (κ2) is 11.0. The topological polar surface area (TPSA) is 72.8 Å². The molecule has 1 aromatic carbocycles. The Morgan fingerprint density at radius 1 is 1.04 bits per heavy atom. The van der Waals surface area contributed by atoms with Crippen LogP contribution in [0.25, 0.3) is 6.08 Å². The number of rotatable bonds is 9. The molecule has 5 heteroatoms. The molecule has 146 valence electrons. The Kier molecular flexibility index (Phi) is 9.06. The Labute approximate surface area is 161 Å². The van der Waals surface area contributed by atoms with E-state index in [0.29, 0.717) is 12.8 Å². The van der Waals surface area contributed by atoms with Gasteiger partial charge in [0.1, 0.15) is 12.4 Å². The number of benzene rings is 1. The fourth-order valence-electron chi connectivity index (χ4n) is 2.48. The third kappa shape index (κ3) is 8.40. The first-order valence-corrected chi connectivity index (χ1v) is 8.76. The molecule has 5 nitrogen and oxygen atoms in total. The second-order valence-corrected chi connectivity index (χ2v) is 6.56. The predicted molar refractivity (Wildman–Crippen MR) is 107 cm³/mol. The van der Waals surface area contributed by atoms with Crippen molar-refractivity contribution >= 4 is 18.0 Å². The van der Waals surface area contributed by atoms with Gasteiger partial charge in [0, 0.05) is 13.0 Å². The van der Waals surface area contributed by atoms with Crippen LogP contribution in [-0.4, -0.2) is 30.8 Å². The number of carbonyl (C=O) groups excluding carboxylic acids is 1. The minimum absolute atomic E-state index is 0.251. The van der Waals surface area contributed by atoms with Gasteiger partial charge in [-0.25, -0.2) is 4.79 Å². The number of carboxylic acid groups (broad SMARTS) is 1. The number of methoxy groups -OCH3 is 1. The van der Waals surface area contributed by atoms with E-state index in [9.17, 15) is 9.59 Å². The highest BCUT2D eigenvalue weighted by Gasteiger charge is 2.10. The lowest BCUT2D eigenvalue weighted by molar-refractivity contribution is -0.140. The molecular formula is C22H28O5. The van der Waals surface area contributed by atoms with Crippen molar-refractivity contribution in [2.24, 2.45) is 0 Å². The number of carbonyl (C=O) groups is 2. The monoisotopic (exact) mass is 372 g/mol. The maximum Gasteiger partial charge on any atom is 0.328 e. The van der Waals surface area contributed by atoms with E-state index in [-0.39, 0.29) is 12.6 Å². The average Bonchev–Trinajstić information content (AvgIpc) is 2.60. The van der Waals surface area contributed by atoms with E-state index in [4.69, 9.17) is 14.6 Å². The van der Waals surface area contributed by atoms with E-state index < -0.39 is 5.97 Å². The fourth-order valence-corrected chi connectivity index (χ4v) is 2.48. The summed E-state index contributed by atoms with van der Waals surface area (Å²) in [5.74, 6) is -0.517. The van der Waals surface area contributed by atoms with Gasteiger partial charge in [0.15, 0.2) is 0 Å². The molecule has 1 N–H and O–H groups in total. The van der Waals surface area contributed by atoms with E-state index in [1.165, 1.54) is 12.5 Å². The third-order valence-corrected chi connectivity index (χ3v) is 3.79. The lowest BCUT2D eigenvalue weighted by atomic mass is 9.98. The smallest absolute Gasteiger partial charge is 0.328 e. The van der Waals surface area contributed by atoms with Gasteiger partial charge in [-0.1, -0.05) is 17.7 Å². The van der Waals surface area contributed by atoms with E-state index in [0.717, 1.165) is 34.1 Å². The maximum atomic E-state index is 10.9. The molecule has 27 heavy (non-hydrogen) atoms. The molecular weight excluding hydrogens is 344 g/mol. The van der Waals surface area contributed by atoms with Gasteiger partial charge in [0.2, 0.25) is 0 Å². The molecule has 0 aromatic heterocycles. The van der Waals surface area contributed by atoms with Gasteiger partial charge in [0.25, 0.3) is 0 Å². The maximum absolute atomic E-state index is 10.9. The van der Waals surface area contributed by atoms with Gasteiger partial charge >= 0.3 is 11.9 Å². The summed E-state index contributed by atoms with van der Waals surface area (Å²) in [5, 5.41) is 8.90. The van der Waals surface area contributed by atoms with Crippen molar-refractivity contribution in [2.75, 3.05) is 13.7 Å². The van der Waals surface area contributed by atoms with Crippen LogP contribution in [0.1, 0.15) is 44.4 Å². The molecule has 0 fully saturated rings. The summed E-state index contributed by atoms with van der Waals surface area (Å²) in [6, 6.07) is 3.86. The lowest BCUT2D eigenvalue weighted by Gasteiger charge is -2.14. The zero-order chi connectivity index (χ0) is 20.4. The molecule has 0 saturated carbocycles. The number of aliphatic carboxylic acids is 1. The average molecular weight is 372 g/mol. The van der Waals surface area contributed by atoms with Crippen molar-refractivity contribution in [1.82, 2.24) is 0 Å². The van der Waals surface area contributed by atoms with Crippen molar-refractivity contribution in [2.45, 2.75) is 40.5 Å². The number of hydrogen-bond acceptors (Lipinski definition) is 4. The molecule has 0 saturated heterocycles. The molecule has 0 aliphatic rings. The Morgan fingerprint density at radius 2 is 1.63 bits per heavy atom. The van der Waals surface area contributed by atoms with Crippen molar-refractivity contribution in [1.29, 1.82) is 0 Å². The van der Waals surface area contributed by atoms with Gasteiger partial charge in [-0.3, -0.25) is 4.79 Å². The van der Waals surface area contributed by atoms with Gasteiger partial charge in [-0.05, 0) is 74.1 Å². The normalized spacial score (nSPS) is 11.4. The molecule has 0 aliphatic heterocycles. The minimum Gasteiger partial charge on any atom is -0.496 e. The standard InChI is InChI=1S/C22H28O5/c1-15(2)6-9-19-12-18(8-11-21(24)25)13-20(22(19)26-5)10-7-16(3)14-27-17(4)23/h6-8,11-13H,9-10,14H2,1-5H3,(H,24,25). The van der Waals surface area contributed by atoms with Crippen LogP contribution in [0, 0.1) is 0 Å². The number of hydrogen-bond donors (Lipinski definition) is 1. The van der Waals surface area contributed by atoms with Gasteiger partial charge in [-0.15, -0.1) is 0 Å². The Balaban J connectivity index is 3.24. The van der Waals surface area contributed by atoms with Crippen molar-refractivity contribution in [3.63, 3.8) is 0 Å². The third-order valence-electron chi connectivity index (χ3n) is 3.79. The van der Waals surface area contributed by atoms with Crippen LogP contribution in [0.3, 0.4) is 0 Å². The Hall–Kier alpha value is -2.82. The molecule has 0 heterocycles. The molecule has 0 atom stereocenters. The number of esters is 1. The lowest BCUT2D eigenvalue weighted by Crippen LogP contribution is -2.02. The van der Waals surface area contributed by atoms with Crippen LogP contribution >= 0.6 is 0 Å². The van der Waals surface area contributed by atoms with Gasteiger partial charge < -0.3 is 14.6 Å². The summed E-state index contributed by atoms with van der Waals surface area (Å²) in [6.45, 7) is 7.59. The van der Waals surface area contributed by atoms with Crippen LogP contribution in [0.4, 0.5) is 0 Å². The van der Waals surface area contributed by atoms with Gasteiger partial charge in [-0.2, -0.15) is 0 Å². The Bertz CT molecular complexity index is 765. The Morgan fingerprint density at radius 3 is 2.11 bits per heavy atom. The van der Waals surface area contributed by atoms with E-state index in [1.54, 1.807) is 13.2 Å². The van der Waals surface area contributed by atoms with E-state index in [2.05, 4.69) is 6.08 Å². The number of ether oxygens (including phenoxy) is 2. The molecule has 0 bridgehead atoms. The highest BCUT2D eigenvalue weighted by molar-refractivity contribution is 5.85. The van der Waals surface area contributed by atoms with Crippen LogP contribution in [0.5, 0.6) is 5.75 Å². The van der Waals surface area contributed by atoms with Crippen molar-refractivity contribution < 1.29 is 24.2 Å². The largest absolute Gasteiger partial charge is 0.496 e. The van der Waals surface area contributed by atoms with Crippen molar-refractivity contribution in [3.8, 4) is 5.75 Å². The van der Waals surface area contributed by atoms with E-state index in [1.807, 2.05) is 39.0 Å². The molecule has 1 aromatic rings. The van der Waals surface area contributed by atoms with Crippen LogP contribution < -0.4 is 4.74 Å². The summed E-state index contributed by atoms with van der Waals surface area (Å²) in [5.41, 5.74) is 4.87. The summed E-state index contributed by atoms with van der Waals surface area (Å²) < 4.78 is 10.6. The first-order valence-electron chi connectivity index (χ1n) is 8.76. The SMILES string of the molecule is COc1c(CC=C(C)C)cc(C=CC(=O)O)cc1CC=C(C)COC(C)=O.